The predicted octanol–water partition coefficient (Wildman–Crippen LogP) is 3.67. The second kappa shape index (κ2) is 5.88. The lowest BCUT2D eigenvalue weighted by molar-refractivity contribution is 0.0678. The summed E-state index contributed by atoms with van der Waals surface area (Å²) >= 11 is 0. The topological polar surface area (TPSA) is 49.0 Å². The largest absolute Gasteiger partial charge is 0.342 e. The maximum Gasteiger partial charge on any atom is 0.254 e. The second-order valence-corrected chi connectivity index (χ2v) is 5.96. The minimum absolute atomic E-state index is 0.165. The smallest absolute Gasteiger partial charge is 0.254 e. The molecular formula is C17H23N3O. The molecule has 112 valence electrons. The van der Waals surface area contributed by atoms with E-state index in [9.17, 15) is 4.79 Å². The zero-order chi connectivity index (χ0) is 14.8. The maximum absolute atomic E-state index is 12.9. The summed E-state index contributed by atoms with van der Waals surface area (Å²) in [7, 11) is 0. The Kier molecular flexibility index (Phi) is 3.95. The first-order valence-corrected chi connectivity index (χ1v) is 7.96. The molecule has 2 heterocycles. The van der Waals surface area contributed by atoms with E-state index in [1.807, 2.05) is 25.1 Å². The number of carbonyl (C=O) groups excluding carboxylic acids is 1. The molecule has 1 amide bonds. The fourth-order valence-corrected chi connectivity index (χ4v) is 3.31. The molecule has 1 N–H and O–H groups in total. The van der Waals surface area contributed by atoms with Gasteiger partial charge in [-0.3, -0.25) is 4.79 Å². The van der Waals surface area contributed by atoms with Crippen molar-refractivity contribution in [3.05, 3.63) is 29.6 Å². The van der Waals surface area contributed by atoms with Crippen LogP contribution in [0, 0.1) is 6.92 Å². The summed E-state index contributed by atoms with van der Waals surface area (Å²) < 4.78 is 0. The van der Waals surface area contributed by atoms with Crippen LogP contribution in [0.25, 0.3) is 11.0 Å². The number of aromatic amines is 1. The van der Waals surface area contributed by atoms with E-state index >= 15 is 0 Å². The van der Waals surface area contributed by atoms with Crippen LogP contribution in [-0.2, 0) is 0 Å². The Balaban J connectivity index is 1.90. The molecule has 1 fully saturated rings. The SMILES string of the molecule is CCC1CCCCCN1C(=O)c1ccc2nc(C)[nH]c2c1. The highest BCUT2D eigenvalue weighted by molar-refractivity contribution is 5.97. The highest BCUT2D eigenvalue weighted by Crippen LogP contribution is 2.22. The summed E-state index contributed by atoms with van der Waals surface area (Å²) in [5, 5.41) is 0. The summed E-state index contributed by atoms with van der Waals surface area (Å²) in [6.07, 6.45) is 5.76. The average molecular weight is 285 g/mol. The van der Waals surface area contributed by atoms with Crippen molar-refractivity contribution in [1.29, 1.82) is 0 Å². The van der Waals surface area contributed by atoms with Crippen LogP contribution in [0.15, 0.2) is 18.2 Å². The quantitative estimate of drug-likeness (QED) is 0.915. The molecule has 1 unspecified atom stereocenters. The highest BCUT2D eigenvalue weighted by Gasteiger charge is 2.25. The number of rotatable bonds is 2. The van der Waals surface area contributed by atoms with Gasteiger partial charge in [0.05, 0.1) is 11.0 Å². The van der Waals surface area contributed by atoms with Gasteiger partial charge in [-0.25, -0.2) is 4.98 Å². The first-order valence-electron chi connectivity index (χ1n) is 7.96. The first-order chi connectivity index (χ1) is 10.2. The van der Waals surface area contributed by atoms with Gasteiger partial charge in [0.2, 0.25) is 0 Å². The third-order valence-electron chi connectivity index (χ3n) is 4.46. The lowest BCUT2D eigenvalue weighted by atomic mass is 10.1. The molecule has 1 aliphatic heterocycles. The Bertz CT molecular complexity index is 647. The lowest BCUT2D eigenvalue weighted by Gasteiger charge is -2.29. The molecule has 0 radical (unpaired) electrons. The van der Waals surface area contributed by atoms with Crippen LogP contribution in [0.5, 0.6) is 0 Å². The van der Waals surface area contributed by atoms with E-state index in [0.29, 0.717) is 6.04 Å². The summed E-state index contributed by atoms with van der Waals surface area (Å²) in [6, 6.07) is 6.17. The van der Waals surface area contributed by atoms with Crippen LogP contribution in [0.3, 0.4) is 0 Å². The Morgan fingerprint density at radius 2 is 2.24 bits per heavy atom. The fraction of sp³-hybridized carbons (Fsp3) is 0.529. The van der Waals surface area contributed by atoms with Crippen LogP contribution in [0.1, 0.15) is 55.2 Å². The van der Waals surface area contributed by atoms with Gasteiger partial charge in [-0.1, -0.05) is 19.8 Å². The Morgan fingerprint density at radius 1 is 1.38 bits per heavy atom. The van der Waals surface area contributed by atoms with Crippen molar-refractivity contribution >= 4 is 16.9 Å². The minimum Gasteiger partial charge on any atom is -0.342 e. The molecule has 4 heteroatoms. The molecule has 1 saturated heterocycles. The van der Waals surface area contributed by atoms with Crippen LogP contribution in [0.2, 0.25) is 0 Å². The first kappa shape index (κ1) is 14.1. The number of H-pyrrole nitrogens is 1. The Hall–Kier alpha value is -1.84. The number of hydrogen-bond acceptors (Lipinski definition) is 2. The zero-order valence-corrected chi connectivity index (χ0v) is 12.9. The molecule has 0 bridgehead atoms. The van der Waals surface area contributed by atoms with Gasteiger partial charge in [0.25, 0.3) is 5.91 Å². The van der Waals surface area contributed by atoms with Crippen LogP contribution in [0.4, 0.5) is 0 Å². The van der Waals surface area contributed by atoms with Gasteiger partial charge in [-0.15, -0.1) is 0 Å². The predicted molar refractivity (Wildman–Crippen MR) is 84.4 cm³/mol. The van der Waals surface area contributed by atoms with Crippen molar-refractivity contribution in [2.45, 2.75) is 52.0 Å². The molecule has 21 heavy (non-hydrogen) atoms. The molecule has 0 saturated carbocycles. The van der Waals surface area contributed by atoms with Crippen molar-refractivity contribution < 1.29 is 4.79 Å². The maximum atomic E-state index is 12.9. The number of nitrogens with zero attached hydrogens (tertiary/aromatic N) is 2. The molecular weight excluding hydrogens is 262 g/mol. The van der Waals surface area contributed by atoms with E-state index in [0.717, 1.165) is 48.2 Å². The Labute approximate surface area is 125 Å². The standard InChI is InChI=1S/C17H23N3O/c1-3-14-7-5-4-6-10-20(14)17(21)13-8-9-15-16(11-13)19-12(2)18-15/h8-9,11,14H,3-7,10H2,1-2H3,(H,18,19). The van der Waals surface area contributed by atoms with Crippen LogP contribution >= 0.6 is 0 Å². The molecule has 1 aromatic carbocycles. The monoisotopic (exact) mass is 285 g/mol. The van der Waals surface area contributed by atoms with Gasteiger partial charge < -0.3 is 9.88 Å². The van der Waals surface area contributed by atoms with E-state index in [1.54, 1.807) is 0 Å². The number of likely N-dealkylation sites (tertiary alicyclic amines) is 1. The molecule has 0 aliphatic carbocycles. The molecule has 0 spiro atoms. The molecule has 4 nitrogen and oxygen atoms in total. The van der Waals surface area contributed by atoms with Gasteiger partial charge in [-0.05, 0) is 44.4 Å². The van der Waals surface area contributed by atoms with Crippen LogP contribution < -0.4 is 0 Å². The number of hydrogen-bond donors (Lipinski definition) is 1. The average Bonchev–Trinajstić information content (AvgIpc) is 2.71. The van der Waals surface area contributed by atoms with Gasteiger partial charge >= 0.3 is 0 Å². The van der Waals surface area contributed by atoms with Crippen molar-refractivity contribution in [3.63, 3.8) is 0 Å². The van der Waals surface area contributed by atoms with E-state index in [-0.39, 0.29) is 5.91 Å². The summed E-state index contributed by atoms with van der Waals surface area (Å²) in [4.78, 5) is 22.5. The van der Waals surface area contributed by atoms with Crippen molar-refractivity contribution in [3.8, 4) is 0 Å². The normalized spacial score (nSPS) is 19.7. The Morgan fingerprint density at radius 3 is 3.05 bits per heavy atom. The van der Waals surface area contributed by atoms with Gasteiger partial charge in [-0.2, -0.15) is 0 Å². The third-order valence-corrected chi connectivity index (χ3v) is 4.46. The van der Waals surface area contributed by atoms with Crippen LogP contribution in [-0.4, -0.2) is 33.4 Å². The number of fused-ring (bicyclic) bond motifs is 1. The van der Waals surface area contributed by atoms with E-state index in [1.165, 1.54) is 12.8 Å². The second-order valence-electron chi connectivity index (χ2n) is 5.96. The highest BCUT2D eigenvalue weighted by atomic mass is 16.2. The summed E-state index contributed by atoms with van der Waals surface area (Å²) in [6.45, 7) is 5.00. The fourth-order valence-electron chi connectivity index (χ4n) is 3.31. The summed E-state index contributed by atoms with van der Waals surface area (Å²) in [5.41, 5.74) is 2.64. The van der Waals surface area contributed by atoms with Crippen molar-refractivity contribution in [2.24, 2.45) is 0 Å². The van der Waals surface area contributed by atoms with Gasteiger partial charge in [0.15, 0.2) is 0 Å². The van der Waals surface area contributed by atoms with E-state index in [4.69, 9.17) is 0 Å². The van der Waals surface area contributed by atoms with E-state index in [2.05, 4.69) is 21.8 Å². The number of amides is 1. The van der Waals surface area contributed by atoms with Gasteiger partial charge in [0.1, 0.15) is 5.82 Å². The number of benzene rings is 1. The van der Waals surface area contributed by atoms with Crippen molar-refractivity contribution in [2.75, 3.05) is 6.54 Å². The number of carbonyl (C=O) groups is 1. The molecule has 1 atom stereocenters. The number of aromatic nitrogens is 2. The lowest BCUT2D eigenvalue weighted by Crippen LogP contribution is -2.39. The molecule has 1 aliphatic rings. The zero-order valence-electron chi connectivity index (χ0n) is 12.9. The molecule has 3 rings (SSSR count). The van der Waals surface area contributed by atoms with Gasteiger partial charge in [0, 0.05) is 18.2 Å². The third kappa shape index (κ3) is 2.80. The molecule has 1 aromatic heterocycles. The molecule has 2 aromatic rings. The number of aryl methyl sites for hydroxylation is 1. The number of nitrogens with one attached hydrogen (secondary N) is 1. The minimum atomic E-state index is 0.165. The van der Waals surface area contributed by atoms with Crippen molar-refractivity contribution in [1.82, 2.24) is 14.9 Å². The van der Waals surface area contributed by atoms with E-state index < -0.39 is 0 Å². The summed E-state index contributed by atoms with van der Waals surface area (Å²) in [5.74, 6) is 1.05. The number of imidazole rings is 1.